The van der Waals surface area contributed by atoms with E-state index in [0.717, 1.165) is 4.90 Å². The van der Waals surface area contributed by atoms with E-state index < -0.39 is 17.7 Å². The van der Waals surface area contributed by atoms with Crippen molar-refractivity contribution >= 4 is 17.7 Å². The highest BCUT2D eigenvalue weighted by molar-refractivity contribution is 6.37. The van der Waals surface area contributed by atoms with Gasteiger partial charge in [-0.15, -0.1) is 0 Å². The monoisotopic (exact) mass is 229 g/mol. The van der Waals surface area contributed by atoms with E-state index in [1.54, 1.807) is 13.8 Å². The minimum absolute atomic E-state index is 0.0706. The van der Waals surface area contributed by atoms with Crippen molar-refractivity contribution < 1.29 is 14.4 Å². The average Bonchev–Trinajstić information content (AvgIpc) is 2.26. The van der Waals surface area contributed by atoms with E-state index in [2.05, 4.69) is 0 Å². The van der Waals surface area contributed by atoms with Crippen molar-refractivity contribution in [3.05, 3.63) is 0 Å². The minimum Gasteiger partial charge on any atom is -0.335 e. The van der Waals surface area contributed by atoms with Crippen molar-refractivity contribution in [1.82, 2.24) is 9.80 Å². The van der Waals surface area contributed by atoms with Crippen LogP contribution in [-0.4, -0.2) is 53.7 Å². The molecule has 16 heavy (non-hydrogen) atoms. The third-order valence-corrected chi connectivity index (χ3v) is 2.21. The highest BCUT2D eigenvalue weighted by atomic mass is 16.2. The zero-order valence-corrected chi connectivity index (χ0v) is 10.0. The van der Waals surface area contributed by atoms with Gasteiger partial charge in [0.1, 0.15) is 0 Å². The van der Waals surface area contributed by atoms with E-state index in [0.29, 0.717) is 13.1 Å². The van der Waals surface area contributed by atoms with Crippen molar-refractivity contribution in [1.29, 1.82) is 0 Å². The van der Waals surface area contributed by atoms with E-state index in [4.69, 9.17) is 5.73 Å². The number of nitrogens with zero attached hydrogens (tertiary/aromatic N) is 2. The van der Waals surface area contributed by atoms with Crippen LogP contribution >= 0.6 is 0 Å². The fourth-order valence-corrected chi connectivity index (χ4v) is 1.29. The van der Waals surface area contributed by atoms with Crippen molar-refractivity contribution in [2.75, 3.05) is 26.2 Å². The highest BCUT2D eigenvalue weighted by Crippen LogP contribution is 1.97. The van der Waals surface area contributed by atoms with E-state index in [-0.39, 0.29) is 13.1 Å². The topological polar surface area (TPSA) is 83.7 Å². The molecule has 0 spiro atoms. The van der Waals surface area contributed by atoms with Gasteiger partial charge in [-0.1, -0.05) is 0 Å². The summed E-state index contributed by atoms with van der Waals surface area (Å²) >= 11 is 0. The second-order valence-electron chi connectivity index (χ2n) is 3.24. The Morgan fingerprint density at radius 2 is 1.56 bits per heavy atom. The molecule has 0 atom stereocenters. The van der Waals surface area contributed by atoms with Crippen LogP contribution in [0.1, 0.15) is 20.8 Å². The van der Waals surface area contributed by atoms with Gasteiger partial charge in [0.05, 0.1) is 0 Å². The van der Waals surface area contributed by atoms with E-state index >= 15 is 0 Å². The van der Waals surface area contributed by atoms with Crippen LogP contribution in [0.15, 0.2) is 0 Å². The molecule has 3 amide bonds. The Morgan fingerprint density at radius 3 is 1.88 bits per heavy atom. The van der Waals surface area contributed by atoms with Crippen molar-refractivity contribution in [2.24, 2.45) is 5.73 Å². The Balaban J connectivity index is 4.73. The second-order valence-corrected chi connectivity index (χ2v) is 3.24. The summed E-state index contributed by atoms with van der Waals surface area (Å²) in [7, 11) is 0. The third kappa shape index (κ3) is 3.62. The number of nitrogens with two attached hydrogens (primary N) is 1. The summed E-state index contributed by atoms with van der Waals surface area (Å²) in [4.78, 5) is 36.8. The summed E-state index contributed by atoms with van der Waals surface area (Å²) in [6.45, 7) is 5.89. The lowest BCUT2D eigenvalue weighted by Crippen LogP contribution is -2.48. The molecular formula is C10H19N3O3. The van der Waals surface area contributed by atoms with E-state index in [9.17, 15) is 14.4 Å². The maximum atomic E-state index is 11.7. The molecule has 0 radical (unpaired) electrons. The van der Waals surface area contributed by atoms with Gasteiger partial charge in [0, 0.05) is 33.1 Å². The Kier molecular flexibility index (Phi) is 6.32. The summed E-state index contributed by atoms with van der Waals surface area (Å²) < 4.78 is 0. The smallest absolute Gasteiger partial charge is 0.318 e. The molecule has 0 aromatic heterocycles. The molecular weight excluding hydrogens is 210 g/mol. The highest BCUT2D eigenvalue weighted by Gasteiger charge is 2.27. The Morgan fingerprint density at radius 1 is 1.06 bits per heavy atom. The molecule has 0 aromatic rings. The van der Waals surface area contributed by atoms with Crippen LogP contribution in [0.4, 0.5) is 0 Å². The lowest BCUT2D eigenvalue weighted by atomic mass is 10.3. The molecule has 0 rings (SSSR count). The average molecular weight is 229 g/mol. The Labute approximate surface area is 95.4 Å². The number of imide groups is 1. The van der Waals surface area contributed by atoms with E-state index in [1.165, 1.54) is 11.8 Å². The number of carbonyl (C=O) groups is 3. The molecule has 0 aromatic carbocycles. The largest absolute Gasteiger partial charge is 0.335 e. The lowest BCUT2D eigenvalue weighted by molar-refractivity contribution is -0.156. The number of rotatable bonds is 4. The minimum atomic E-state index is -0.804. The molecule has 2 N–H and O–H groups in total. The molecule has 0 fully saturated rings. The summed E-state index contributed by atoms with van der Waals surface area (Å²) in [6, 6.07) is 0. The quantitative estimate of drug-likeness (QED) is 0.639. The van der Waals surface area contributed by atoms with Gasteiger partial charge in [-0.25, -0.2) is 0 Å². The van der Waals surface area contributed by atoms with Crippen molar-refractivity contribution in [3.63, 3.8) is 0 Å². The number of likely N-dealkylation sites (N-methyl/N-ethyl adjacent to an activating group) is 1. The summed E-state index contributed by atoms with van der Waals surface area (Å²) in [5.74, 6) is -1.92. The number of hydrogen-bond donors (Lipinski definition) is 1. The SMILES string of the molecule is CCN(CC)C(=O)C(=O)N(CCN)C(C)=O. The second kappa shape index (κ2) is 6.95. The zero-order valence-electron chi connectivity index (χ0n) is 10.0. The van der Waals surface area contributed by atoms with Gasteiger partial charge in [0.15, 0.2) is 0 Å². The molecule has 0 aliphatic carbocycles. The van der Waals surface area contributed by atoms with E-state index in [1.807, 2.05) is 0 Å². The van der Waals surface area contributed by atoms with Crippen LogP contribution in [0, 0.1) is 0 Å². The van der Waals surface area contributed by atoms with Gasteiger partial charge < -0.3 is 10.6 Å². The van der Waals surface area contributed by atoms with Gasteiger partial charge in [-0.05, 0) is 13.8 Å². The summed E-state index contributed by atoms with van der Waals surface area (Å²) in [5.41, 5.74) is 5.28. The van der Waals surface area contributed by atoms with Crippen LogP contribution in [0.2, 0.25) is 0 Å². The number of carbonyl (C=O) groups excluding carboxylic acids is 3. The lowest BCUT2D eigenvalue weighted by Gasteiger charge is -2.22. The maximum Gasteiger partial charge on any atom is 0.318 e. The van der Waals surface area contributed by atoms with Gasteiger partial charge >= 0.3 is 11.8 Å². The molecule has 0 unspecified atom stereocenters. The van der Waals surface area contributed by atoms with Gasteiger partial charge in [-0.2, -0.15) is 0 Å². The van der Waals surface area contributed by atoms with Crippen LogP contribution < -0.4 is 5.73 Å². The molecule has 6 heteroatoms. The zero-order chi connectivity index (χ0) is 12.7. The first kappa shape index (κ1) is 14.6. The third-order valence-electron chi connectivity index (χ3n) is 2.21. The first-order chi connectivity index (χ1) is 7.49. The molecule has 0 bridgehead atoms. The maximum absolute atomic E-state index is 11.7. The first-order valence-electron chi connectivity index (χ1n) is 5.30. The van der Waals surface area contributed by atoms with Crippen LogP contribution in [0.5, 0.6) is 0 Å². The molecule has 0 heterocycles. The molecule has 6 nitrogen and oxygen atoms in total. The Bertz CT molecular complexity index is 274. The normalized spacial score (nSPS) is 9.75. The molecule has 92 valence electrons. The van der Waals surface area contributed by atoms with Gasteiger partial charge in [0.25, 0.3) is 0 Å². The van der Waals surface area contributed by atoms with Gasteiger partial charge in [-0.3, -0.25) is 19.3 Å². The van der Waals surface area contributed by atoms with Crippen molar-refractivity contribution in [3.8, 4) is 0 Å². The fraction of sp³-hybridized carbons (Fsp3) is 0.700. The van der Waals surface area contributed by atoms with Gasteiger partial charge in [0.2, 0.25) is 5.91 Å². The fourth-order valence-electron chi connectivity index (χ4n) is 1.29. The first-order valence-corrected chi connectivity index (χ1v) is 5.30. The summed E-state index contributed by atoms with van der Waals surface area (Å²) in [5, 5.41) is 0. The molecule has 0 aliphatic rings. The van der Waals surface area contributed by atoms with Crippen LogP contribution in [-0.2, 0) is 14.4 Å². The molecule has 0 saturated heterocycles. The number of amides is 3. The summed E-state index contributed by atoms with van der Waals surface area (Å²) in [6.07, 6.45) is 0. The predicted molar refractivity (Wildman–Crippen MR) is 59.4 cm³/mol. The number of hydrogen-bond acceptors (Lipinski definition) is 4. The Hall–Kier alpha value is -1.43. The standard InChI is InChI=1S/C10H19N3O3/c1-4-12(5-2)9(15)10(16)13(7-6-11)8(3)14/h4-7,11H2,1-3H3. The predicted octanol–water partition coefficient (Wildman–Crippen LogP) is -0.811. The van der Waals surface area contributed by atoms with Crippen LogP contribution in [0.3, 0.4) is 0 Å². The van der Waals surface area contributed by atoms with Crippen LogP contribution in [0.25, 0.3) is 0 Å². The molecule has 0 aliphatic heterocycles. The molecule has 0 saturated carbocycles. The van der Waals surface area contributed by atoms with Crippen molar-refractivity contribution in [2.45, 2.75) is 20.8 Å².